The Kier molecular flexibility index (Phi) is 3.72. The molecule has 0 aliphatic carbocycles. The minimum Gasteiger partial charge on any atom is -0.262 e. The number of nitrogens with one attached hydrogen (secondary N) is 2. The SMILES string of the molecule is O=[N+]([O-])c1c(F)cccc1S(=O)(=O)NCc1ncn[nH]1. The molecule has 0 atom stereocenters. The Balaban J connectivity index is 2.34. The second kappa shape index (κ2) is 5.30. The van der Waals surface area contributed by atoms with Gasteiger partial charge in [-0.25, -0.2) is 18.1 Å². The molecule has 1 aromatic heterocycles. The summed E-state index contributed by atoms with van der Waals surface area (Å²) in [6.07, 6.45) is 1.17. The van der Waals surface area contributed by atoms with Crippen LogP contribution >= 0.6 is 0 Å². The maximum absolute atomic E-state index is 13.4. The molecule has 0 spiro atoms. The van der Waals surface area contributed by atoms with Gasteiger partial charge in [-0.2, -0.15) is 9.49 Å². The monoisotopic (exact) mass is 301 g/mol. The predicted octanol–water partition coefficient (Wildman–Crippen LogP) is 0.330. The Morgan fingerprint density at radius 1 is 1.45 bits per heavy atom. The first-order valence-corrected chi connectivity index (χ1v) is 6.67. The largest absolute Gasteiger partial charge is 0.324 e. The van der Waals surface area contributed by atoms with Crippen molar-refractivity contribution in [3.8, 4) is 0 Å². The number of halogens is 1. The number of hydrogen-bond donors (Lipinski definition) is 2. The molecule has 0 bridgehead atoms. The lowest BCUT2D eigenvalue weighted by molar-refractivity contribution is -0.390. The fourth-order valence-corrected chi connectivity index (χ4v) is 2.61. The van der Waals surface area contributed by atoms with Crippen LogP contribution < -0.4 is 4.72 Å². The van der Waals surface area contributed by atoms with Gasteiger partial charge >= 0.3 is 5.69 Å². The van der Waals surface area contributed by atoms with Gasteiger partial charge in [0.1, 0.15) is 12.2 Å². The summed E-state index contributed by atoms with van der Waals surface area (Å²) in [5.41, 5.74) is -1.10. The van der Waals surface area contributed by atoms with E-state index in [1.54, 1.807) is 0 Å². The van der Waals surface area contributed by atoms with Gasteiger partial charge in [-0.1, -0.05) is 6.07 Å². The van der Waals surface area contributed by atoms with Crippen LogP contribution in [-0.2, 0) is 16.6 Å². The Hall–Kier alpha value is -2.40. The number of hydrogen-bond acceptors (Lipinski definition) is 6. The summed E-state index contributed by atoms with van der Waals surface area (Å²) >= 11 is 0. The van der Waals surface area contributed by atoms with Gasteiger partial charge in [0.25, 0.3) is 0 Å². The Morgan fingerprint density at radius 2 is 2.20 bits per heavy atom. The van der Waals surface area contributed by atoms with Crippen molar-refractivity contribution in [1.29, 1.82) is 0 Å². The van der Waals surface area contributed by atoms with Crippen molar-refractivity contribution in [2.75, 3.05) is 0 Å². The van der Waals surface area contributed by atoms with Gasteiger partial charge in [0, 0.05) is 0 Å². The summed E-state index contributed by atoms with van der Waals surface area (Å²) in [6.45, 7) is -0.254. The first kappa shape index (κ1) is 14.0. The topological polar surface area (TPSA) is 131 Å². The second-order valence-electron chi connectivity index (χ2n) is 3.60. The van der Waals surface area contributed by atoms with Gasteiger partial charge in [-0.15, -0.1) is 0 Å². The van der Waals surface area contributed by atoms with Crippen LogP contribution in [0.3, 0.4) is 0 Å². The highest BCUT2D eigenvalue weighted by Crippen LogP contribution is 2.26. The van der Waals surface area contributed by atoms with Crippen LogP contribution in [0.15, 0.2) is 29.4 Å². The lowest BCUT2D eigenvalue weighted by atomic mass is 10.3. The highest BCUT2D eigenvalue weighted by molar-refractivity contribution is 7.89. The highest BCUT2D eigenvalue weighted by atomic mass is 32.2. The van der Waals surface area contributed by atoms with Crippen molar-refractivity contribution in [3.63, 3.8) is 0 Å². The molecule has 0 fully saturated rings. The average molecular weight is 301 g/mol. The number of H-pyrrole nitrogens is 1. The number of nitro groups is 1. The van der Waals surface area contributed by atoms with E-state index in [1.807, 2.05) is 0 Å². The fraction of sp³-hybridized carbons (Fsp3) is 0.111. The molecule has 0 unspecified atom stereocenters. The second-order valence-corrected chi connectivity index (χ2v) is 5.34. The Labute approximate surface area is 112 Å². The number of sulfonamides is 1. The summed E-state index contributed by atoms with van der Waals surface area (Å²) in [4.78, 5) is 12.6. The summed E-state index contributed by atoms with van der Waals surface area (Å²) in [5, 5.41) is 16.7. The molecule has 2 rings (SSSR count). The minimum atomic E-state index is -4.25. The number of nitrogens with zero attached hydrogens (tertiary/aromatic N) is 3. The summed E-state index contributed by atoms with van der Waals surface area (Å²) in [5.74, 6) is -1.01. The van der Waals surface area contributed by atoms with E-state index in [9.17, 15) is 22.9 Å². The number of rotatable bonds is 5. The van der Waals surface area contributed by atoms with Crippen molar-refractivity contribution in [2.24, 2.45) is 0 Å². The van der Waals surface area contributed by atoms with Gasteiger partial charge in [0.2, 0.25) is 15.8 Å². The van der Waals surface area contributed by atoms with E-state index >= 15 is 0 Å². The van der Waals surface area contributed by atoms with Crippen molar-refractivity contribution >= 4 is 15.7 Å². The third-order valence-corrected chi connectivity index (χ3v) is 3.75. The molecule has 0 saturated carbocycles. The maximum atomic E-state index is 13.4. The van der Waals surface area contributed by atoms with Crippen LogP contribution in [-0.4, -0.2) is 28.5 Å². The van der Waals surface area contributed by atoms with E-state index in [4.69, 9.17) is 0 Å². The number of aromatic amines is 1. The van der Waals surface area contributed by atoms with E-state index in [0.29, 0.717) is 0 Å². The molecule has 1 heterocycles. The molecule has 0 saturated heterocycles. The van der Waals surface area contributed by atoms with Crippen LogP contribution in [0.4, 0.5) is 10.1 Å². The van der Waals surface area contributed by atoms with Crippen LogP contribution in [0, 0.1) is 15.9 Å². The minimum absolute atomic E-state index is 0.215. The first-order chi connectivity index (χ1) is 9.42. The smallest absolute Gasteiger partial charge is 0.262 e. The van der Waals surface area contributed by atoms with Crippen LogP contribution in [0.2, 0.25) is 0 Å². The quantitative estimate of drug-likeness (QED) is 0.604. The average Bonchev–Trinajstić information content (AvgIpc) is 2.89. The van der Waals surface area contributed by atoms with Crippen molar-refractivity contribution in [1.82, 2.24) is 19.9 Å². The molecule has 9 nitrogen and oxygen atoms in total. The molecule has 2 N–H and O–H groups in total. The van der Waals surface area contributed by atoms with Gasteiger partial charge in [-0.3, -0.25) is 15.2 Å². The fourth-order valence-electron chi connectivity index (χ4n) is 1.45. The third-order valence-electron chi connectivity index (χ3n) is 2.32. The van der Waals surface area contributed by atoms with Gasteiger partial charge in [0.05, 0.1) is 11.5 Å². The molecule has 106 valence electrons. The van der Waals surface area contributed by atoms with E-state index in [0.717, 1.165) is 18.2 Å². The number of para-hydroxylation sites is 1. The van der Waals surface area contributed by atoms with Crippen molar-refractivity contribution < 1.29 is 17.7 Å². The van der Waals surface area contributed by atoms with Crippen LogP contribution in [0.5, 0.6) is 0 Å². The van der Waals surface area contributed by atoms with Gasteiger partial charge in [0.15, 0.2) is 4.90 Å². The lowest BCUT2D eigenvalue weighted by Gasteiger charge is -2.06. The first-order valence-electron chi connectivity index (χ1n) is 5.18. The molecule has 1 aromatic carbocycles. The third kappa shape index (κ3) is 2.78. The zero-order valence-electron chi connectivity index (χ0n) is 9.78. The van der Waals surface area contributed by atoms with E-state index in [2.05, 4.69) is 19.9 Å². The highest BCUT2D eigenvalue weighted by Gasteiger charge is 2.29. The molecule has 2 aromatic rings. The standard InChI is InChI=1S/C9H8FN5O4S/c10-6-2-1-3-7(9(6)15(16)17)20(18,19)13-4-8-11-5-12-14-8/h1-3,5,13H,4H2,(H,11,12,14). The molecule has 20 heavy (non-hydrogen) atoms. The number of benzene rings is 1. The summed E-state index contributed by atoms with van der Waals surface area (Å²) in [6, 6.07) is 2.84. The van der Waals surface area contributed by atoms with Gasteiger partial charge < -0.3 is 0 Å². The molecular weight excluding hydrogens is 293 g/mol. The Bertz CT molecular complexity index is 731. The normalized spacial score (nSPS) is 11.4. The molecule has 0 amide bonds. The summed E-state index contributed by atoms with van der Waals surface area (Å²) < 4.78 is 39.4. The molecule has 0 aliphatic rings. The van der Waals surface area contributed by atoms with E-state index < -0.39 is 31.3 Å². The lowest BCUT2D eigenvalue weighted by Crippen LogP contribution is -2.25. The molecule has 0 aliphatic heterocycles. The van der Waals surface area contributed by atoms with Crippen LogP contribution in [0.1, 0.15) is 5.82 Å². The summed E-state index contributed by atoms with van der Waals surface area (Å²) in [7, 11) is -4.25. The number of nitro benzene ring substituents is 1. The van der Waals surface area contributed by atoms with Gasteiger partial charge in [-0.05, 0) is 12.1 Å². The zero-order valence-corrected chi connectivity index (χ0v) is 10.6. The van der Waals surface area contributed by atoms with E-state index in [1.165, 1.54) is 6.33 Å². The van der Waals surface area contributed by atoms with Crippen LogP contribution in [0.25, 0.3) is 0 Å². The molecule has 0 radical (unpaired) electrons. The number of aromatic nitrogens is 3. The van der Waals surface area contributed by atoms with E-state index in [-0.39, 0.29) is 12.4 Å². The predicted molar refractivity (Wildman–Crippen MR) is 63.5 cm³/mol. The van der Waals surface area contributed by atoms with Crippen molar-refractivity contribution in [3.05, 3.63) is 46.3 Å². The molecular formula is C9H8FN5O4S. The van der Waals surface area contributed by atoms with Crippen molar-refractivity contribution in [2.45, 2.75) is 11.4 Å². The zero-order chi connectivity index (χ0) is 14.8. The Morgan fingerprint density at radius 3 is 2.80 bits per heavy atom. The molecule has 11 heteroatoms. The maximum Gasteiger partial charge on any atom is 0.324 e.